The second-order valence-corrected chi connectivity index (χ2v) is 7.48. The summed E-state index contributed by atoms with van der Waals surface area (Å²) in [5, 5.41) is 0. The number of benzene rings is 1. The molecule has 0 spiro atoms. The Labute approximate surface area is 185 Å². The first-order valence-electron chi connectivity index (χ1n) is 8.63. The first-order valence-corrected chi connectivity index (χ1v) is 9.58. The van der Waals surface area contributed by atoms with E-state index in [2.05, 4.69) is 44.3 Å². The van der Waals surface area contributed by atoms with E-state index in [0.717, 1.165) is 43.0 Å². The molecular weight excluding hydrogens is 559 g/mol. The molecule has 0 bridgehead atoms. The Morgan fingerprint density at radius 1 is 1.04 bits per heavy atom. The number of aromatic nitrogens is 3. The monoisotopic (exact) mass is 579 g/mol. The van der Waals surface area contributed by atoms with Gasteiger partial charge in [0.2, 0.25) is 0 Å². The molecule has 1 saturated heterocycles. The maximum absolute atomic E-state index is 5.17. The van der Waals surface area contributed by atoms with Gasteiger partial charge < -0.3 is 40.0 Å². The van der Waals surface area contributed by atoms with Crippen molar-refractivity contribution in [2.45, 2.75) is 4.71 Å². The zero-order valence-electron chi connectivity index (χ0n) is 14.6. The summed E-state index contributed by atoms with van der Waals surface area (Å²) in [6, 6.07) is 12.3. The molecule has 1 fully saturated rings. The van der Waals surface area contributed by atoms with Crippen molar-refractivity contribution in [3.05, 3.63) is 54.6 Å². The number of fused-ring (bicyclic) bond motifs is 1. The molecule has 27 heavy (non-hydrogen) atoms. The van der Waals surface area contributed by atoms with Crippen molar-refractivity contribution in [2.24, 2.45) is 0 Å². The number of aromatic amines is 1. The summed E-state index contributed by atoms with van der Waals surface area (Å²) in [4.78, 5) is 12.4. The average Bonchev–Trinajstić information content (AvgIpc) is 3.10. The molecule has 1 aliphatic rings. The molecule has 1 aliphatic heterocycles. The molecule has 0 aliphatic carbocycles. The van der Waals surface area contributed by atoms with E-state index in [0.29, 0.717) is 0 Å². The van der Waals surface area contributed by atoms with E-state index in [9.17, 15) is 0 Å². The number of anilines is 1. The van der Waals surface area contributed by atoms with Crippen molar-refractivity contribution in [3.8, 4) is 0 Å². The fourth-order valence-corrected chi connectivity index (χ4v) is 3.56. The fraction of sp³-hybridized carbons (Fsp3) is 0.263. The number of hydrogen-bond donors (Lipinski definition) is 1. The Hall–Kier alpha value is -1.22. The summed E-state index contributed by atoms with van der Waals surface area (Å²) in [6.45, 7) is 3.78. The largest absolute Gasteiger partial charge is 0.800 e. The minimum Gasteiger partial charge on any atom is -0.800 e. The van der Waals surface area contributed by atoms with Gasteiger partial charge in [-0.1, -0.05) is 12.1 Å². The molecule has 3 aromatic rings. The second-order valence-electron chi connectivity index (χ2n) is 6.29. The van der Waals surface area contributed by atoms with Crippen molar-refractivity contribution in [1.29, 1.82) is 0 Å². The van der Waals surface area contributed by atoms with Crippen LogP contribution in [0.15, 0.2) is 48.8 Å². The van der Waals surface area contributed by atoms with Gasteiger partial charge in [-0.25, -0.2) is 9.69 Å². The van der Waals surface area contributed by atoms with E-state index < -0.39 is 0 Å². The second kappa shape index (κ2) is 9.32. The van der Waals surface area contributed by atoms with Crippen LogP contribution in [-0.4, -0.2) is 45.8 Å². The van der Waals surface area contributed by atoms with Crippen LogP contribution in [0.25, 0.3) is 23.3 Å². The Morgan fingerprint density at radius 2 is 1.74 bits per heavy atom. The SMILES string of the molecule is [Au].[S-]C([S-])N1CCN(c2cc[n+](/C=C/c3nc4ccccc4[nH]3)cc2)CC1. The van der Waals surface area contributed by atoms with Crippen LogP contribution in [0.4, 0.5) is 5.69 Å². The van der Waals surface area contributed by atoms with Gasteiger partial charge in [-0.2, -0.15) is 4.57 Å². The smallest absolute Gasteiger partial charge is 0.178 e. The number of nitrogens with one attached hydrogen (secondary N) is 1. The first kappa shape index (κ1) is 20.5. The van der Waals surface area contributed by atoms with E-state index in [1.165, 1.54) is 5.69 Å². The topological polar surface area (TPSA) is 39.0 Å². The van der Waals surface area contributed by atoms with Crippen molar-refractivity contribution in [3.63, 3.8) is 0 Å². The Kier molecular flexibility index (Phi) is 7.08. The number of rotatable bonds is 4. The van der Waals surface area contributed by atoms with Crippen LogP contribution in [0, 0.1) is 0 Å². The number of H-pyrrole nitrogens is 1. The van der Waals surface area contributed by atoms with Gasteiger partial charge in [-0.15, -0.1) is 0 Å². The van der Waals surface area contributed by atoms with Gasteiger partial charge in [0, 0.05) is 72.5 Å². The van der Waals surface area contributed by atoms with Gasteiger partial charge in [0.05, 0.1) is 11.0 Å². The van der Waals surface area contributed by atoms with Gasteiger partial charge in [-0.05, 0) is 12.1 Å². The molecule has 8 heteroatoms. The Bertz CT molecular complexity index is 869. The van der Waals surface area contributed by atoms with Crippen LogP contribution in [0.1, 0.15) is 5.82 Å². The molecule has 4 rings (SSSR count). The molecule has 1 N–H and O–H groups in total. The summed E-state index contributed by atoms with van der Waals surface area (Å²) in [5.41, 5.74) is 3.25. The molecule has 0 unspecified atom stereocenters. The summed E-state index contributed by atoms with van der Waals surface area (Å²) in [7, 11) is 0. The number of hydrogen-bond acceptors (Lipinski definition) is 5. The Balaban J connectivity index is 0.00000210. The average molecular weight is 580 g/mol. The number of nitrogens with zero attached hydrogens (tertiary/aromatic N) is 4. The molecule has 145 valence electrons. The zero-order valence-corrected chi connectivity index (χ0v) is 18.4. The molecule has 1 radical (unpaired) electrons. The summed E-state index contributed by atoms with van der Waals surface area (Å²) in [6.07, 6.45) is 8.10. The van der Waals surface area contributed by atoms with Crippen LogP contribution >= 0.6 is 0 Å². The number of pyridine rings is 1. The first-order chi connectivity index (χ1) is 12.7. The molecule has 5 nitrogen and oxygen atoms in total. The summed E-state index contributed by atoms with van der Waals surface area (Å²) >= 11 is 10.3. The molecule has 3 heterocycles. The maximum atomic E-state index is 5.17. The maximum Gasteiger partial charge on any atom is 0.178 e. The van der Waals surface area contributed by atoms with E-state index in [4.69, 9.17) is 25.3 Å². The van der Waals surface area contributed by atoms with E-state index in [-0.39, 0.29) is 27.1 Å². The molecule has 0 saturated carbocycles. The fourth-order valence-electron chi connectivity index (χ4n) is 3.14. The minimum atomic E-state index is -0.196. The third kappa shape index (κ3) is 4.99. The van der Waals surface area contributed by atoms with Crippen LogP contribution in [0.5, 0.6) is 0 Å². The van der Waals surface area contributed by atoms with Gasteiger partial charge in [0.1, 0.15) is 5.82 Å². The van der Waals surface area contributed by atoms with Crippen LogP contribution in [0.2, 0.25) is 0 Å². The van der Waals surface area contributed by atoms with Crippen LogP contribution in [-0.2, 0) is 47.6 Å². The van der Waals surface area contributed by atoms with Gasteiger partial charge in [0.25, 0.3) is 0 Å². The van der Waals surface area contributed by atoms with Crippen molar-refractivity contribution < 1.29 is 26.9 Å². The van der Waals surface area contributed by atoms with E-state index in [1.807, 2.05) is 41.1 Å². The summed E-state index contributed by atoms with van der Waals surface area (Å²) in [5.74, 6) is 0.848. The van der Waals surface area contributed by atoms with Crippen LogP contribution in [0.3, 0.4) is 0 Å². The van der Waals surface area contributed by atoms with Crippen molar-refractivity contribution in [2.75, 3.05) is 31.1 Å². The van der Waals surface area contributed by atoms with Gasteiger partial charge in [-0.3, -0.25) is 0 Å². The normalized spacial score (nSPS) is 15.6. The standard InChI is InChI=1S/C19H21N5S2.Au/c25-19(26)24-13-11-23(12-14-24)15-5-8-22(9-6-15)10-7-18-20-16-3-1-2-4-17(16)21-18;/h1-10,19H,11-14H2,(H2-,20,21,25,26);/p-1/b10-7+;. The Morgan fingerprint density at radius 3 is 2.41 bits per heavy atom. The predicted molar refractivity (Wildman–Crippen MR) is 110 cm³/mol. The molecule has 1 aromatic carbocycles. The van der Waals surface area contributed by atoms with Crippen molar-refractivity contribution in [1.82, 2.24) is 14.9 Å². The van der Waals surface area contributed by atoms with Gasteiger partial charge in [0.15, 0.2) is 18.6 Å². The molecule has 0 atom stereocenters. The van der Waals surface area contributed by atoms with Crippen molar-refractivity contribution >= 4 is 54.3 Å². The van der Waals surface area contributed by atoms with E-state index in [1.54, 1.807) is 0 Å². The third-order valence-electron chi connectivity index (χ3n) is 4.62. The minimum absolute atomic E-state index is 0. The number of para-hydroxylation sites is 2. The van der Waals surface area contributed by atoms with Gasteiger partial charge >= 0.3 is 0 Å². The third-order valence-corrected chi connectivity index (χ3v) is 5.22. The van der Waals surface area contributed by atoms with E-state index >= 15 is 0 Å². The van der Waals surface area contributed by atoms with Crippen LogP contribution < -0.4 is 9.47 Å². The number of piperazine rings is 1. The zero-order chi connectivity index (χ0) is 17.9. The molecule has 0 amide bonds. The predicted octanol–water partition coefficient (Wildman–Crippen LogP) is 1.98. The molecule has 2 aromatic heterocycles. The quantitative estimate of drug-likeness (QED) is 0.291. The molecular formula is C19H20AuN5S2-. The number of imidazole rings is 1. The summed E-state index contributed by atoms with van der Waals surface area (Å²) < 4.78 is 1.83.